The third-order valence-electron chi connectivity index (χ3n) is 1.87. The molecule has 1 rings (SSSR count). The second-order valence-electron chi connectivity index (χ2n) is 3.08. The van der Waals surface area contributed by atoms with E-state index in [2.05, 4.69) is 16.2 Å². The van der Waals surface area contributed by atoms with Crippen LogP contribution in [0.2, 0.25) is 0 Å². The Morgan fingerprint density at radius 3 is 3.07 bits per heavy atom. The molecule has 0 fully saturated rings. The summed E-state index contributed by atoms with van der Waals surface area (Å²) in [5.41, 5.74) is 0. The van der Waals surface area contributed by atoms with Crippen LogP contribution in [0.15, 0.2) is 4.52 Å². The number of rotatable bonds is 5. The molecule has 0 saturated carbocycles. The van der Waals surface area contributed by atoms with Crippen LogP contribution in [0, 0.1) is 11.3 Å². The summed E-state index contributed by atoms with van der Waals surface area (Å²) in [5.74, 6) is 1.26. The number of ether oxygens (including phenoxy) is 1. The van der Waals surface area contributed by atoms with E-state index in [1.165, 1.54) is 0 Å². The summed E-state index contributed by atoms with van der Waals surface area (Å²) < 4.78 is 9.89. The molecule has 1 aromatic rings. The van der Waals surface area contributed by atoms with E-state index in [1.807, 2.05) is 6.92 Å². The zero-order valence-corrected chi connectivity index (χ0v) is 8.36. The van der Waals surface area contributed by atoms with Crippen molar-refractivity contribution in [2.45, 2.75) is 32.3 Å². The van der Waals surface area contributed by atoms with E-state index in [0.29, 0.717) is 24.7 Å². The van der Waals surface area contributed by atoms with E-state index in [1.54, 1.807) is 7.11 Å². The van der Waals surface area contributed by atoms with E-state index in [0.717, 1.165) is 6.42 Å². The van der Waals surface area contributed by atoms with Gasteiger partial charge in [0.25, 0.3) is 0 Å². The highest BCUT2D eigenvalue weighted by atomic mass is 16.5. The molecule has 0 saturated heterocycles. The fraction of sp³-hybridized carbons (Fsp3) is 0.667. The van der Waals surface area contributed by atoms with Crippen molar-refractivity contribution in [2.24, 2.45) is 0 Å². The Balaban J connectivity index is 2.53. The van der Waals surface area contributed by atoms with Gasteiger partial charge in [-0.15, -0.1) is 0 Å². The molecule has 0 amide bonds. The van der Waals surface area contributed by atoms with Crippen LogP contribution in [0.5, 0.6) is 0 Å². The summed E-state index contributed by atoms with van der Waals surface area (Å²) in [6.45, 7) is 2.32. The molecule has 0 aromatic carbocycles. The van der Waals surface area contributed by atoms with Crippen molar-refractivity contribution >= 4 is 0 Å². The minimum absolute atomic E-state index is 0.132. The van der Waals surface area contributed by atoms with Crippen LogP contribution in [0.3, 0.4) is 0 Å². The van der Waals surface area contributed by atoms with Crippen LogP contribution in [-0.2, 0) is 11.3 Å². The molecule has 14 heavy (non-hydrogen) atoms. The number of nitriles is 1. The maximum atomic E-state index is 8.41. The Morgan fingerprint density at radius 1 is 1.64 bits per heavy atom. The first-order chi connectivity index (χ1) is 6.77. The lowest BCUT2D eigenvalue weighted by Gasteiger charge is -2.00. The predicted molar refractivity (Wildman–Crippen MR) is 48.3 cm³/mol. The topological polar surface area (TPSA) is 71.9 Å². The zero-order valence-electron chi connectivity index (χ0n) is 8.36. The molecule has 0 radical (unpaired) electrons. The second-order valence-corrected chi connectivity index (χ2v) is 3.08. The lowest BCUT2D eigenvalue weighted by molar-refractivity contribution is 0.174. The van der Waals surface area contributed by atoms with Crippen LogP contribution in [-0.4, -0.2) is 17.3 Å². The first-order valence-corrected chi connectivity index (χ1v) is 4.46. The summed E-state index contributed by atoms with van der Waals surface area (Å²) in [6.07, 6.45) is 1.24. The summed E-state index contributed by atoms with van der Waals surface area (Å²) in [7, 11) is 1.58. The summed E-state index contributed by atoms with van der Waals surface area (Å²) >= 11 is 0. The number of methoxy groups -OCH3 is 1. The Hall–Kier alpha value is -1.41. The molecule has 76 valence electrons. The van der Waals surface area contributed by atoms with Gasteiger partial charge in [-0.25, -0.2) is 0 Å². The monoisotopic (exact) mass is 195 g/mol. The van der Waals surface area contributed by atoms with Crippen molar-refractivity contribution in [2.75, 3.05) is 7.11 Å². The first-order valence-electron chi connectivity index (χ1n) is 4.46. The average molecular weight is 195 g/mol. The Bertz CT molecular complexity index is 316. The molecule has 1 aromatic heterocycles. The third kappa shape index (κ3) is 2.82. The first kappa shape index (κ1) is 10.7. The minimum Gasteiger partial charge on any atom is -0.377 e. The van der Waals surface area contributed by atoms with Crippen molar-refractivity contribution < 1.29 is 9.26 Å². The van der Waals surface area contributed by atoms with Crippen molar-refractivity contribution in [3.05, 3.63) is 11.7 Å². The largest absolute Gasteiger partial charge is 0.377 e. The van der Waals surface area contributed by atoms with Crippen molar-refractivity contribution in [3.63, 3.8) is 0 Å². The van der Waals surface area contributed by atoms with E-state index in [9.17, 15) is 0 Å². The van der Waals surface area contributed by atoms with Gasteiger partial charge >= 0.3 is 0 Å². The molecule has 0 N–H and O–H groups in total. The lowest BCUT2D eigenvalue weighted by Crippen LogP contribution is -1.95. The molecule has 1 atom stereocenters. The fourth-order valence-corrected chi connectivity index (χ4v) is 1.06. The van der Waals surface area contributed by atoms with Gasteiger partial charge in [-0.3, -0.25) is 0 Å². The quantitative estimate of drug-likeness (QED) is 0.713. The molecule has 0 spiro atoms. The number of hydrogen-bond acceptors (Lipinski definition) is 5. The zero-order chi connectivity index (χ0) is 10.4. The Kier molecular flexibility index (Phi) is 4.08. The van der Waals surface area contributed by atoms with Gasteiger partial charge in [0.05, 0.1) is 6.07 Å². The van der Waals surface area contributed by atoms with Crippen molar-refractivity contribution in [1.82, 2.24) is 10.1 Å². The smallest absolute Gasteiger partial charge is 0.229 e. The standard InChI is InChI=1S/C9H13N3O2/c1-7(4-3-5-10)9-11-8(6-13-2)12-14-9/h7H,3-4,6H2,1-2H3. The van der Waals surface area contributed by atoms with Gasteiger partial charge in [-0.2, -0.15) is 10.2 Å². The number of hydrogen-bond donors (Lipinski definition) is 0. The minimum atomic E-state index is 0.132. The van der Waals surface area contributed by atoms with Crippen molar-refractivity contribution in [1.29, 1.82) is 5.26 Å². The van der Waals surface area contributed by atoms with Crippen LogP contribution in [0.1, 0.15) is 37.4 Å². The van der Waals surface area contributed by atoms with E-state index in [4.69, 9.17) is 14.5 Å². The lowest BCUT2D eigenvalue weighted by atomic mass is 10.1. The van der Waals surface area contributed by atoms with Gasteiger partial charge in [0.1, 0.15) is 6.61 Å². The van der Waals surface area contributed by atoms with Gasteiger partial charge < -0.3 is 9.26 Å². The molecule has 1 heterocycles. The highest BCUT2D eigenvalue weighted by molar-refractivity contribution is 4.92. The third-order valence-corrected chi connectivity index (χ3v) is 1.87. The number of nitrogens with zero attached hydrogens (tertiary/aromatic N) is 3. The molecule has 0 aliphatic heterocycles. The molecule has 5 nitrogen and oxygen atoms in total. The molecule has 0 aliphatic carbocycles. The van der Waals surface area contributed by atoms with Gasteiger partial charge in [-0.1, -0.05) is 12.1 Å². The summed E-state index contributed by atoms with van der Waals surface area (Å²) in [6, 6.07) is 2.09. The SMILES string of the molecule is COCc1noc(C(C)CCC#N)n1. The van der Waals surface area contributed by atoms with E-state index < -0.39 is 0 Å². The van der Waals surface area contributed by atoms with E-state index >= 15 is 0 Å². The van der Waals surface area contributed by atoms with Crippen molar-refractivity contribution in [3.8, 4) is 6.07 Å². The second kappa shape index (κ2) is 5.35. The van der Waals surface area contributed by atoms with Gasteiger partial charge in [-0.05, 0) is 6.42 Å². The van der Waals surface area contributed by atoms with Crippen LogP contribution < -0.4 is 0 Å². The highest BCUT2D eigenvalue weighted by Crippen LogP contribution is 2.18. The maximum absolute atomic E-state index is 8.41. The molecule has 1 unspecified atom stereocenters. The Labute approximate surface area is 82.7 Å². The molecular formula is C9H13N3O2. The summed E-state index contributed by atoms with van der Waals surface area (Å²) in [5, 5.41) is 12.2. The molecular weight excluding hydrogens is 182 g/mol. The molecule has 0 aliphatic rings. The fourth-order valence-electron chi connectivity index (χ4n) is 1.06. The highest BCUT2D eigenvalue weighted by Gasteiger charge is 2.13. The van der Waals surface area contributed by atoms with Crippen LogP contribution in [0.4, 0.5) is 0 Å². The normalized spacial score (nSPS) is 12.4. The van der Waals surface area contributed by atoms with Crippen LogP contribution >= 0.6 is 0 Å². The van der Waals surface area contributed by atoms with Gasteiger partial charge in [0.2, 0.25) is 5.89 Å². The average Bonchev–Trinajstić information content (AvgIpc) is 2.63. The Morgan fingerprint density at radius 2 is 2.43 bits per heavy atom. The summed E-state index contributed by atoms with van der Waals surface area (Å²) in [4.78, 5) is 4.14. The van der Waals surface area contributed by atoms with Gasteiger partial charge in [0, 0.05) is 19.4 Å². The van der Waals surface area contributed by atoms with E-state index in [-0.39, 0.29) is 5.92 Å². The predicted octanol–water partition coefficient (Wildman–Crippen LogP) is 1.62. The maximum Gasteiger partial charge on any atom is 0.229 e. The molecule has 0 bridgehead atoms. The van der Waals surface area contributed by atoms with Crippen LogP contribution in [0.25, 0.3) is 0 Å². The number of aromatic nitrogens is 2. The van der Waals surface area contributed by atoms with Gasteiger partial charge in [0.15, 0.2) is 5.82 Å². The molecule has 5 heteroatoms.